The molecule has 2 heterocycles. The van der Waals surface area contributed by atoms with Gasteiger partial charge in [-0.1, -0.05) is 35.6 Å². The second-order valence-electron chi connectivity index (χ2n) is 6.91. The summed E-state index contributed by atoms with van der Waals surface area (Å²) in [5.41, 5.74) is 8.46. The van der Waals surface area contributed by atoms with Gasteiger partial charge in [-0.15, -0.1) is 0 Å². The average molecular weight is 424 g/mol. The van der Waals surface area contributed by atoms with E-state index >= 15 is 0 Å². The number of nitrogens with two attached hydrogens (primary N) is 1. The highest BCUT2D eigenvalue weighted by atomic mass is 32.1. The Morgan fingerprint density at radius 3 is 2.90 bits per heavy atom. The molecule has 3 aromatic rings. The molecule has 30 heavy (non-hydrogen) atoms. The van der Waals surface area contributed by atoms with Gasteiger partial charge in [-0.2, -0.15) is 0 Å². The Bertz CT molecular complexity index is 1090. The lowest BCUT2D eigenvalue weighted by atomic mass is 9.95. The third-order valence-electron chi connectivity index (χ3n) is 4.75. The monoisotopic (exact) mass is 424 g/mol. The molecule has 0 unspecified atom stereocenters. The van der Waals surface area contributed by atoms with E-state index in [0.717, 1.165) is 35.5 Å². The Labute approximate surface area is 177 Å². The van der Waals surface area contributed by atoms with Crippen LogP contribution in [0.2, 0.25) is 0 Å². The molecule has 0 bridgehead atoms. The first-order chi connectivity index (χ1) is 14.5. The summed E-state index contributed by atoms with van der Waals surface area (Å²) in [4.78, 5) is 26.9. The van der Waals surface area contributed by atoms with E-state index in [1.165, 1.54) is 17.3 Å². The van der Waals surface area contributed by atoms with E-state index < -0.39 is 18.5 Å². The molecule has 0 saturated heterocycles. The first-order valence-electron chi connectivity index (χ1n) is 9.44. The third kappa shape index (κ3) is 4.44. The number of thiazole rings is 1. The van der Waals surface area contributed by atoms with E-state index in [1.54, 1.807) is 0 Å². The number of esters is 1. The van der Waals surface area contributed by atoms with Gasteiger partial charge in [-0.3, -0.25) is 4.79 Å². The Balaban J connectivity index is 1.43. The molecule has 2 N–H and O–H groups in total. The fourth-order valence-electron chi connectivity index (χ4n) is 3.30. The highest BCUT2D eigenvalue weighted by Gasteiger charge is 2.23. The molecule has 1 amide bonds. The number of fused-ring (bicyclic) bond motifs is 1. The predicted octanol–water partition coefficient (Wildman–Crippen LogP) is 3.95. The average Bonchev–Trinajstić information content (AvgIpc) is 3.20. The zero-order chi connectivity index (χ0) is 21.1. The number of amides is 1. The van der Waals surface area contributed by atoms with Crippen molar-refractivity contribution in [3.8, 4) is 16.7 Å². The molecule has 154 valence electrons. The van der Waals surface area contributed by atoms with Crippen LogP contribution in [0.1, 0.15) is 38.9 Å². The van der Waals surface area contributed by atoms with Crippen molar-refractivity contribution in [2.24, 2.45) is 5.73 Å². The van der Waals surface area contributed by atoms with Crippen LogP contribution in [-0.2, 0) is 16.0 Å². The number of nitrogens with zero attached hydrogens (tertiary/aromatic N) is 1. The van der Waals surface area contributed by atoms with Gasteiger partial charge in [-0.25, -0.2) is 9.78 Å². The number of primary amides is 1. The minimum absolute atomic E-state index is 0.0402. The molecule has 0 saturated carbocycles. The molecule has 1 aliphatic heterocycles. The molecule has 7 nitrogen and oxygen atoms in total. The van der Waals surface area contributed by atoms with Crippen molar-refractivity contribution in [1.82, 2.24) is 4.98 Å². The number of benzene rings is 2. The fraction of sp³-hybridized carbons (Fsp3) is 0.227. The van der Waals surface area contributed by atoms with Crippen molar-refractivity contribution in [3.05, 3.63) is 70.2 Å². The van der Waals surface area contributed by atoms with Crippen molar-refractivity contribution < 1.29 is 23.8 Å². The van der Waals surface area contributed by atoms with E-state index in [1.807, 2.05) is 30.3 Å². The SMILES string of the molecule is Cc1ccccc1[C@@H]1CCc2cc(Oc3ncc(C(=O)OCC(N)=O)s3)ccc2O1. The molecule has 1 aliphatic rings. The molecule has 0 aliphatic carbocycles. The number of ether oxygens (including phenoxy) is 3. The Hall–Kier alpha value is -3.39. The molecule has 1 aromatic heterocycles. The smallest absolute Gasteiger partial charge is 0.350 e. The lowest BCUT2D eigenvalue weighted by Gasteiger charge is -2.27. The number of carbonyl (C=O) groups is 2. The molecular weight excluding hydrogens is 404 g/mol. The summed E-state index contributed by atoms with van der Waals surface area (Å²) in [5, 5.41) is 0.301. The van der Waals surface area contributed by atoms with Crippen LogP contribution in [0.15, 0.2) is 48.7 Å². The van der Waals surface area contributed by atoms with Gasteiger partial charge in [-0.05, 0) is 54.7 Å². The van der Waals surface area contributed by atoms with Gasteiger partial charge in [0.15, 0.2) is 6.61 Å². The third-order valence-corrected chi connectivity index (χ3v) is 5.60. The fourth-order valence-corrected chi connectivity index (χ4v) is 3.98. The highest BCUT2D eigenvalue weighted by Crippen LogP contribution is 2.38. The number of aryl methyl sites for hydroxylation is 2. The second kappa shape index (κ2) is 8.54. The lowest BCUT2D eigenvalue weighted by molar-refractivity contribution is -0.121. The van der Waals surface area contributed by atoms with Crippen molar-refractivity contribution in [1.29, 1.82) is 0 Å². The Kier molecular flexibility index (Phi) is 5.67. The highest BCUT2D eigenvalue weighted by molar-refractivity contribution is 7.15. The lowest BCUT2D eigenvalue weighted by Crippen LogP contribution is -2.20. The van der Waals surface area contributed by atoms with Gasteiger partial charge in [0.05, 0.1) is 6.20 Å². The van der Waals surface area contributed by atoms with Gasteiger partial charge in [0.2, 0.25) is 0 Å². The molecule has 4 rings (SSSR count). The molecule has 0 spiro atoms. The van der Waals surface area contributed by atoms with Crippen LogP contribution in [0.25, 0.3) is 0 Å². The second-order valence-corrected chi connectivity index (χ2v) is 7.90. The maximum Gasteiger partial charge on any atom is 0.350 e. The summed E-state index contributed by atoms with van der Waals surface area (Å²) in [6.07, 6.45) is 3.14. The summed E-state index contributed by atoms with van der Waals surface area (Å²) in [6.45, 7) is 1.62. The summed E-state index contributed by atoms with van der Waals surface area (Å²) in [5.74, 6) is 0.0716. The minimum atomic E-state index is -0.717. The van der Waals surface area contributed by atoms with Crippen LogP contribution in [0.4, 0.5) is 0 Å². The van der Waals surface area contributed by atoms with Crippen molar-refractivity contribution in [3.63, 3.8) is 0 Å². The minimum Gasteiger partial charge on any atom is -0.485 e. The predicted molar refractivity (Wildman–Crippen MR) is 111 cm³/mol. The van der Waals surface area contributed by atoms with Gasteiger partial charge in [0.1, 0.15) is 22.5 Å². The molecule has 2 aromatic carbocycles. The summed E-state index contributed by atoms with van der Waals surface area (Å²) >= 11 is 1.03. The number of hydrogen-bond donors (Lipinski definition) is 1. The van der Waals surface area contributed by atoms with Crippen molar-refractivity contribution in [2.75, 3.05) is 6.61 Å². The van der Waals surface area contributed by atoms with Crippen LogP contribution in [-0.4, -0.2) is 23.5 Å². The Morgan fingerprint density at radius 1 is 1.27 bits per heavy atom. The van der Waals surface area contributed by atoms with Crippen molar-refractivity contribution >= 4 is 23.2 Å². The summed E-state index contributed by atoms with van der Waals surface area (Å²) < 4.78 is 16.8. The van der Waals surface area contributed by atoms with E-state index in [2.05, 4.69) is 24.0 Å². The van der Waals surface area contributed by atoms with Gasteiger partial charge in [0.25, 0.3) is 11.1 Å². The van der Waals surface area contributed by atoms with E-state index in [-0.39, 0.29) is 11.0 Å². The van der Waals surface area contributed by atoms with Crippen LogP contribution in [0.5, 0.6) is 16.7 Å². The molecule has 1 atom stereocenters. The van der Waals surface area contributed by atoms with E-state index in [9.17, 15) is 9.59 Å². The van der Waals surface area contributed by atoms with Crippen LogP contribution in [0.3, 0.4) is 0 Å². The maximum atomic E-state index is 11.8. The van der Waals surface area contributed by atoms with Crippen LogP contribution >= 0.6 is 11.3 Å². The number of rotatable bonds is 6. The van der Waals surface area contributed by atoms with Crippen molar-refractivity contribution in [2.45, 2.75) is 25.9 Å². The Morgan fingerprint density at radius 2 is 2.10 bits per heavy atom. The first-order valence-corrected chi connectivity index (χ1v) is 10.3. The normalized spacial score (nSPS) is 15.0. The van der Waals surface area contributed by atoms with E-state index in [0.29, 0.717) is 10.9 Å². The first kappa shape index (κ1) is 19.9. The molecule has 0 fully saturated rings. The molecule has 8 heteroatoms. The van der Waals surface area contributed by atoms with Crippen LogP contribution in [0, 0.1) is 6.92 Å². The van der Waals surface area contributed by atoms with Gasteiger partial charge < -0.3 is 19.9 Å². The standard InChI is InChI=1S/C22H20N2O5S/c1-13-4-2-3-5-16(13)18-8-6-14-10-15(7-9-17(14)29-18)28-22-24-11-19(30-22)21(26)27-12-20(23)25/h2-5,7,9-11,18H,6,8,12H2,1H3,(H2,23,25)/t18-/m0/s1. The molecular formula is C22H20N2O5S. The topological polar surface area (TPSA) is 101 Å². The number of hydrogen-bond acceptors (Lipinski definition) is 7. The summed E-state index contributed by atoms with van der Waals surface area (Å²) in [6, 6.07) is 13.9. The number of carbonyl (C=O) groups excluding carboxylic acids is 2. The summed E-state index contributed by atoms with van der Waals surface area (Å²) in [7, 11) is 0. The quantitative estimate of drug-likeness (QED) is 0.601. The maximum absolute atomic E-state index is 11.8. The zero-order valence-electron chi connectivity index (χ0n) is 16.3. The van der Waals surface area contributed by atoms with Crippen LogP contribution < -0.4 is 15.2 Å². The van der Waals surface area contributed by atoms with Gasteiger partial charge >= 0.3 is 5.97 Å². The molecule has 0 radical (unpaired) electrons. The number of aromatic nitrogens is 1. The van der Waals surface area contributed by atoms with Gasteiger partial charge in [0, 0.05) is 0 Å². The van der Waals surface area contributed by atoms with E-state index in [4.69, 9.17) is 19.9 Å². The largest absolute Gasteiger partial charge is 0.485 e. The zero-order valence-corrected chi connectivity index (χ0v) is 17.1.